The van der Waals surface area contributed by atoms with Crippen LogP contribution in [0, 0.1) is 0 Å². The number of methoxy groups -OCH3 is 1. The topological polar surface area (TPSA) is 24.5 Å². The van der Waals surface area contributed by atoms with Crippen molar-refractivity contribution in [3.8, 4) is 5.75 Å². The Morgan fingerprint density at radius 3 is 2.78 bits per heavy atom. The van der Waals surface area contributed by atoms with Gasteiger partial charge in [0.15, 0.2) is 0 Å². The van der Waals surface area contributed by atoms with E-state index in [9.17, 15) is 0 Å². The molecule has 1 N–H and O–H groups in total. The van der Waals surface area contributed by atoms with Crippen LogP contribution in [0.5, 0.6) is 5.75 Å². The molecule has 1 fully saturated rings. The molecule has 0 saturated carbocycles. The second-order valence-electron chi connectivity index (χ2n) is 5.07. The lowest BCUT2D eigenvalue weighted by atomic mass is 10.2. The number of hydrogen-bond donors (Lipinski definition) is 1. The SMILES string of the molecule is COc1ccc(NC2CCN(C(C)C)C2)cc1Cl. The zero-order valence-corrected chi connectivity index (χ0v) is 12.0. The summed E-state index contributed by atoms with van der Waals surface area (Å²) in [4.78, 5) is 2.49. The molecule has 3 nitrogen and oxygen atoms in total. The van der Waals surface area contributed by atoms with Crippen LogP contribution in [0.4, 0.5) is 5.69 Å². The molecule has 1 aliphatic rings. The fraction of sp³-hybridized carbons (Fsp3) is 0.571. The Morgan fingerprint density at radius 1 is 1.44 bits per heavy atom. The summed E-state index contributed by atoms with van der Waals surface area (Å²) in [5, 5.41) is 4.19. The maximum absolute atomic E-state index is 6.12. The van der Waals surface area contributed by atoms with Crippen LogP contribution >= 0.6 is 11.6 Å². The fourth-order valence-corrected chi connectivity index (χ4v) is 2.62. The number of ether oxygens (including phenoxy) is 1. The first-order chi connectivity index (χ1) is 8.60. The molecule has 4 heteroatoms. The average Bonchev–Trinajstić information content (AvgIpc) is 2.78. The van der Waals surface area contributed by atoms with Crippen LogP contribution in [0.2, 0.25) is 5.02 Å². The Hall–Kier alpha value is -0.930. The summed E-state index contributed by atoms with van der Waals surface area (Å²) < 4.78 is 5.15. The van der Waals surface area contributed by atoms with Gasteiger partial charge in [-0.15, -0.1) is 0 Å². The van der Waals surface area contributed by atoms with Gasteiger partial charge >= 0.3 is 0 Å². The molecule has 18 heavy (non-hydrogen) atoms. The highest BCUT2D eigenvalue weighted by atomic mass is 35.5. The first-order valence-corrected chi connectivity index (χ1v) is 6.82. The van der Waals surface area contributed by atoms with Gasteiger partial charge < -0.3 is 10.1 Å². The Morgan fingerprint density at radius 2 is 2.22 bits per heavy atom. The number of nitrogens with zero attached hydrogens (tertiary/aromatic N) is 1. The number of halogens is 1. The standard InChI is InChI=1S/C14H21ClN2O/c1-10(2)17-7-6-12(9-17)16-11-4-5-14(18-3)13(15)8-11/h4-5,8,10,12,16H,6-7,9H2,1-3H3. The van der Waals surface area contributed by atoms with E-state index >= 15 is 0 Å². The highest BCUT2D eigenvalue weighted by Crippen LogP contribution is 2.28. The van der Waals surface area contributed by atoms with Gasteiger partial charge in [-0.25, -0.2) is 0 Å². The third kappa shape index (κ3) is 3.09. The molecule has 0 amide bonds. The van der Waals surface area contributed by atoms with Crippen LogP contribution in [0.25, 0.3) is 0 Å². The molecule has 1 atom stereocenters. The van der Waals surface area contributed by atoms with E-state index in [1.807, 2.05) is 18.2 Å². The number of nitrogens with one attached hydrogen (secondary N) is 1. The molecule has 1 aromatic rings. The molecule has 1 unspecified atom stereocenters. The normalized spacial score (nSPS) is 20.4. The summed E-state index contributed by atoms with van der Waals surface area (Å²) in [5.74, 6) is 0.720. The lowest BCUT2D eigenvalue weighted by Crippen LogP contribution is -2.31. The third-order valence-electron chi connectivity index (χ3n) is 3.47. The van der Waals surface area contributed by atoms with Crippen molar-refractivity contribution >= 4 is 17.3 Å². The Balaban J connectivity index is 1.96. The minimum absolute atomic E-state index is 0.511. The maximum atomic E-state index is 6.12. The lowest BCUT2D eigenvalue weighted by Gasteiger charge is -2.21. The smallest absolute Gasteiger partial charge is 0.137 e. The van der Waals surface area contributed by atoms with Crippen molar-refractivity contribution in [3.05, 3.63) is 23.2 Å². The predicted molar refractivity (Wildman–Crippen MR) is 76.7 cm³/mol. The molecule has 1 saturated heterocycles. The number of rotatable bonds is 4. The molecule has 0 spiro atoms. The molecular weight excluding hydrogens is 248 g/mol. The molecule has 1 aliphatic heterocycles. The van der Waals surface area contributed by atoms with Crippen LogP contribution < -0.4 is 10.1 Å². The molecule has 2 rings (SSSR count). The summed E-state index contributed by atoms with van der Waals surface area (Å²) in [5.41, 5.74) is 1.07. The van der Waals surface area contributed by atoms with E-state index in [2.05, 4.69) is 24.1 Å². The van der Waals surface area contributed by atoms with E-state index in [0.717, 1.165) is 18.0 Å². The highest BCUT2D eigenvalue weighted by Gasteiger charge is 2.23. The van der Waals surface area contributed by atoms with Gasteiger partial charge in [-0.2, -0.15) is 0 Å². The van der Waals surface area contributed by atoms with Crippen LogP contribution in [0.1, 0.15) is 20.3 Å². The Kier molecular flexibility index (Phi) is 4.36. The zero-order valence-electron chi connectivity index (χ0n) is 11.2. The lowest BCUT2D eigenvalue weighted by molar-refractivity contribution is 0.274. The summed E-state index contributed by atoms with van der Waals surface area (Å²) in [7, 11) is 1.63. The molecular formula is C14H21ClN2O. The van der Waals surface area contributed by atoms with Gasteiger partial charge in [-0.1, -0.05) is 11.6 Å². The number of benzene rings is 1. The molecule has 100 valence electrons. The van der Waals surface area contributed by atoms with E-state index in [1.54, 1.807) is 7.11 Å². The van der Waals surface area contributed by atoms with Gasteiger partial charge in [0, 0.05) is 30.9 Å². The molecule has 1 aromatic carbocycles. The van der Waals surface area contributed by atoms with E-state index in [-0.39, 0.29) is 0 Å². The van der Waals surface area contributed by atoms with Gasteiger partial charge in [0.1, 0.15) is 5.75 Å². The number of hydrogen-bond acceptors (Lipinski definition) is 3. The molecule has 1 heterocycles. The van der Waals surface area contributed by atoms with Gasteiger partial charge in [0.25, 0.3) is 0 Å². The van der Waals surface area contributed by atoms with Crippen molar-refractivity contribution in [2.24, 2.45) is 0 Å². The molecule has 0 bridgehead atoms. The minimum atomic E-state index is 0.511. The van der Waals surface area contributed by atoms with Crippen molar-refractivity contribution in [3.63, 3.8) is 0 Å². The summed E-state index contributed by atoms with van der Waals surface area (Å²) >= 11 is 6.12. The van der Waals surface area contributed by atoms with E-state index in [1.165, 1.54) is 13.0 Å². The van der Waals surface area contributed by atoms with E-state index in [0.29, 0.717) is 17.1 Å². The van der Waals surface area contributed by atoms with Gasteiger partial charge in [-0.3, -0.25) is 4.90 Å². The monoisotopic (exact) mass is 268 g/mol. The van der Waals surface area contributed by atoms with E-state index < -0.39 is 0 Å². The molecule has 0 radical (unpaired) electrons. The first-order valence-electron chi connectivity index (χ1n) is 6.44. The number of anilines is 1. The summed E-state index contributed by atoms with van der Waals surface area (Å²) in [6, 6.07) is 6.98. The Bertz CT molecular complexity index is 409. The number of likely N-dealkylation sites (tertiary alicyclic amines) is 1. The van der Waals surface area contributed by atoms with Crippen molar-refractivity contribution < 1.29 is 4.74 Å². The van der Waals surface area contributed by atoms with Crippen LogP contribution in [-0.4, -0.2) is 37.2 Å². The van der Waals surface area contributed by atoms with Crippen molar-refractivity contribution in [2.75, 3.05) is 25.5 Å². The second kappa shape index (κ2) is 5.81. The Labute approximate surface area is 114 Å². The van der Waals surface area contributed by atoms with Crippen molar-refractivity contribution in [1.82, 2.24) is 4.90 Å². The maximum Gasteiger partial charge on any atom is 0.137 e. The third-order valence-corrected chi connectivity index (χ3v) is 3.77. The summed E-state index contributed by atoms with van der Waals surface area (Å²) in [6.07, 6.45) is 1.18. The fourth-order valence-electron chi connectivity index (χ4n) is 2.37. The quantitative estimate of drug-likeness (QED) is 0.907. The summed E-state index contributed by atoms with van der Waals surface area (Å²) in [6.45, 7) is 6.75. The van der Waals surface area contributed by atoms with Gasteiger partial charge in [0.05, 0.1) is 12.1 Å². The van der Waals surface area contributed by atoms with Crippen LogP contribution in [0.15, 0.2) is 18.2 Å². The molecule has 0 aliphatic carbocycles. The van der Waals surface area contributed by atoms with Crippen molar-refractivity contribution in [2.45, 2.75) is 32.4 Å². The second-order valence-corrected chi connectivity index (χ2v) is 5.48. The van der Waals surface area contributed by atoms with Crippen molar-refractivity contribution in [1.29, 1.82) is 0 Å². The molecule has 0 aromatic heterocycles. The van der Waals surface area contributed by atoms with Gasteiger partial charge in [-0.05, 0) is 38.5 Å². The highest BCUT2D eigenvalue weighted by molar-refractivity contribution is 6.32. The zero-order chi connectivity index (χ0) is 13.1. The van der Waals surface area contributed by atoms with E-state index in [4.69, 9.17) is 16.3 Å². The van der Waals surface area contributed by atoms with Crippen LogP contribution in [0.3, 0.4) is 0 Å². The first kappa shape index (κ1) is 13.5. The average molecular weight is 269 g/mol. The predicted octanol–water partition coefficient (Wildman–Crippen LogP) is 3.24. The largest absolute Gasteiger partial charge is 0.495 e. The minimum Gasteiger partial charge on any atom is -0.495 e. The van der Waals surface area contributed by atoms with Crippen LogP contribution in [-0.2, 0) is 0 Å². The van der Waals surface area contributed by atoms with Gasteiger partial charge in [0.2, 0.25) is 0 Å².